The van der Waals surface area contributed by atoms with Crippen LogP contribution in [0.2, 0.25) is 0 Å². The summed E-state index contributed by atoms with van der Waals surface area (Å²) in [6.07, 6.45) is 4.60. The molecule has 2 N–H and O–H groups in total. The van der Waals surface area contributed by atoms with Crippen LogP contribution in [-0.4, -0.2) is 20.9 Å². The van der Waals surface area contributed by atoms with Crippen LogP contribution >= 0.6 is 12.2 Å². The van der Waals surface area contributed by atoms with Crippen molar-refractivity contribution in [1.82, 2.24) is 15.1 Å². The molecule has 22 heavy (non-hydrogen) atoms. The quantitative estimate of drug-likeness (QED) is 0.801. The predicted molar refractivity (Wildman–Crippen MR) is 93.2 cm³/mol. The van der Waals surface area contributed by atoms with Gasteiger partial charge < -0.3 is 15.4 Å². The second-order valence-corrected chi connectivity index (χ2v) is 5.70. The van der Waals surface area contributed by atoms with E-state index in [-0.39, 0.29) is 0 Å². The van der Waals surface area contributed by atoms with E-state index in [0.29, 0.717) is 17.9 Å². The van der Waals surface area contributed by atoms with Gasteiger partial charge in [-0.2, -0.15) is 5.10 Å². The fraction of sp³-hybridized carbons (Fsp3) is 0.375. The smallest absolute Gasteiger partial charge is 0.180 e. The van der Waals surface area contributed by atoms with Gasteiger partial charge in [0.25, 0.3) is 0 Å². The lowest BCUT2D eigenvalue weighted by Crippen LogP contribution is -2.33. The number of benzene rings is 1. The number of anilines is 1. The lowest BCUT2D eigenvalue weighted by Gasteiger charge is -2.11. The second-order valence-electron chi connectivity index (χ2n) is 5.29. The zero-order valence-corrected chi connectivity index (χ0v) is 14.0. The van der Waals surface area contributed by atoms with Gasteiger partial charge in [0.2, 0.25) is 0 Å². The predicted octanol–water partition coefficient (Wildman–Crippen LogP) is 3.18. The molecule has 1 aromatic carbocycles. The first-order valence-electron chi connectivity index (χ1n) is 7.38. The molecule has 0 aliphatic carbocycles. The van der Waals surface area contributed by atoms with E-state index in [4.69, 9.17) is 17.0 Å². The maximum absolute atomic E-state index is 5.70. The van der Waals surface area contributed by atoms with Crippen LogP contribution in [0.15, 0.2) is 36.7 Å². The number of rotatable bonds is 6. The van der Waals surface area contributed by atoms with Crippen molar-refractivity contribution < 1.29 is 4.74 Å². The Morgan fingerprint density at radius 1 is 1.32 bits per heavy atom. The monoisotopic (exact) mass is 318 g/mol. The van der Waals surface area contributed by atoms with E-state index in [0.717, 1.165) is 17.9 Å². The molecule has 0 bridgehead atoms. The summed E-state index contributed by atoms with van der Waals surface area (Å²) in [5, 5.41) is 11.0. The van der Waals surface area contributed by atoms with Crippen LogP contribution in [0.25, 0.3) is 0 Å². The summed E-state index contributed by atoms with van der Waals surface area (Å²) >= 11 is 5.20. The van der Waals surface area contributed by atoms with Gasteiger partial charge >= 0.3 is 0 Å². The van der Waals surface area contributed by atoms with Crippen molar-refractivity contribution in [3.05, 3.63) is 42.2 Å². The Morgan fingerprint density at radius 2 is 2.05 bits per heavy atom. The van der Waals surface area contributed by atoms with Gasteiger partial charge in [-0.25, -0.2) is 4.68 Å². The minimum Gasteiger partial charge on any atom is -0.471 e. The zero-order chi connectivity index (χ0) is 15.9. The van der Waals surface area contributed by atoms with Crippen LogP contribution in [-0.2, 0) is 13.2 Å². The van der Waals surface area contributed by atoms with E-state index in [2.05, 4.69) is 34.8 Å². The Balaban J connectivity index is 1.85. The third-order valence-corrected chi connectivity index (χ3v) is 3.23. The molecule has 1 heterocycles. The maximum Gasteiger partial charge on any atom is 0.180 e. The van der Waals surface area contributed by atoms with Crippen molar-refractivity contribution in [1.29, 1.82) is 0 Å². The number of aromatic nitrogens is 2. The molecule has 2 rings (SSSR count). The number of nitrogens with zero attached hydrogens (tertiary/aromatic N) is 2. The molecule has 0 spiro atoms. The first-order valence-corrected chi connectivity index (χ1v) is 7.79. The molecule has 0 unspecified atom stereocenters. The zero-order valence-electron chi connectivity index (χ0n) is 13.2. The minimum absolute atomic E-state index is 0.296. The van der Waals surface area contributed by atoms with Gasteiger partial charge in [0.1, 0.15) is 5.75 Å². The number of ether oxygens (including phenoxy) is 1. The van der Waals surface area contributed by atoms with Gasteiger partial charge in [-0.1, -0.05) is 19.1 Å². The first kappa shape index (κ1) is 16.3. The van der Waals surface area contributed by atoms with Crippen LogP contribution in [0.1, 0.15) is 26.3 Å². The van der Waals surface area contributed by atoms with Crippen molar-refractivity contribution in [2.75, 3.05) is 5.32 Å². The van der Waals surface area contributed by atoms with Gasteiger partial charge in [-0.3, -0.25) is 0 Å². The molecule has 0 fully saturated rings. The lowest BCUT2D eigenvalue weighted by molar-refractivity contribution is 0.221. The topological polar surface area (TPSA) is 51.1 Å². The highest BCUT2D eigenvalue weighted by Crippen LogP contribution is 2.13. The first-order chi connectivity index (χ1) is 10.6. The van der Waals surface area contributed by atoms with Gasteiger partial charge in [0.15, 0.2) is 11.8 Å². The van der Waals surface area contributed by atoms with Crippen LogP contribution in [0, 0.1) is 0 Å². The second kappa shape index (κ2) is 7.79. The normalized spacial score (nSPS) is 10.5. The SMILES string of the molecule is CCc1ccc(OCn2cc(NC(=S)NC(C)C)cn2)cc1. The van der Waals surface area contributed by atoms with Crippen molar-refractivity contribution in [2.45, 2.75) is 40.0 Å². The molecule has 6 heteroatoms. The van der Waals surface area contributed by atoms with E-state index in [1.165, 1.54) is 5.56 Å². The summed E-state index contributed by atoms with van der Waals surface area (Å²) in [6, 6.07) is 8.39. The Hall–Kier alpha value is -2.08. The van der Waals surface area contributed by atoms with Crippen molar-refractivity contribution in [3.63, 3.8) is 0 Å². The molecule has 1 aromatic heterocycles. The standard InChI is InChI=1S/C16H22N4OS/c1-4-13-5-7-15(8-6-13)21-11-20-10-14(9-17-20)19-16(22)18-12(2)3/h5-10,12H,4,11H2,1-3H3,(H2,18,19,22). The Labute approximate surface area is 136 Å². The number of thiocarbonyl (C=S) groups is 1. The van der Waals surface area contributed by atoms with Crippen molar-refractivity contribution in [2.24, 2.45) is 0 Å². The molecule has 0 saturated heterocycles. The number of hydrogen-bond donors (Lipinski definition) is 2. The summed E-state index contributed by atoms with van der Waals surface area (Å²) < 4.78 is 7.41. The summed E-state index contributed by atoms with van der Waals surface area (Å²) in [5.74, 6) is 0.833. The number of aryl methyl sites for hydroxylation is 1. The summed E-state index contributed by atoms with van der Waals surface area (Å²) in [6.45, 7) is 6.56. The van der Waals surface area contributed by atoms with Crippen LogP contribution in [0.3, 0.4) is 0 Å². The fourth-order valence-corrected chi connectivity index (χ4v) is 2.24. The highest BCUT2D eigenvalue weighted by Gasteiger charge is 2.03. The summed E-state index contributed by atoms with van der Waals surface area (Å²) in [5.41, 5.74) is 2.13. The van der Waals surface area contributed by atoms with Crippen LogP contribution < -0.4 is 15.4 Å². The van der Waals surface area contributed by atoms with Crippen LogP contribution in [0.4, 0.5) is 5.69 Å². The average molecular weight is 318 g/mol. The van der Waals surface area contributed by atoms with Gasteiger partial charge in [-0.05, 0) is 50.2 Å². The lowest BCUT2D eigenvalue weighted by atomic mass is 10.2. The molecule has 0 amide bonds. The van der Waals surface area contributed by atoms with E-state index in [9.17, 15) is 0 Å². The van der Waals surface area contributed by atoms with Gasteiger partial charge in [-0.15, -0.1) is 0 Å². The maximum atomic E-state index is 5.70. The van der Waals surface area contributed by atoms with E-state index in [1.54, 1.807) is 10.9 Å². The van der Waals surface area contributed by atoms with Gasteiger partial charge in [0.05, 0.1) is 18.1 Å². The molecular weight excluding hydrogens is 296 g/mol. The molecule has 0 aliphatic rings. The Bertz CT molecular complexity index is 607. The average Bonchev–Trinajstić information content (AvgIpc) is 2.92. The van der Waals surface area contributed by atoms with Gasteiger partial charge in [0, 0.05) is 6.04 Å². The highest BCUT2D eigenvalue weighted by atomic mass is 32.1. The van der Waals surface area contributed by atoms with E-state index >= 15 is 0 Å². The Kier molecular flexibility index (Phi) is 5.77. The van der Waals surface area contributed by atoms with E-state index in [1.807, 2.05) is 32.2 Å². The molecule has 0 atom stereocenters. The number of nitrogens with one attached hydrogen (secondary N) is 2. The molecule has 0 saturated carbocycles. The third kappa shape index (κ3) is 5.04. The molecule has 2 aromatic rings. The molecule has 0 aliphatic heterocycles. The third-order valence-electron chi connectivity index (χ3n) is 3.01. The fourth-order valence-electron chi connectivity index (χ4n) is 1.89. The highest BCUT2D eigenvalue weighted by molar-refractivity contribution is 7.80. The largest absolute Gasteiger partial charge is 0.471 e. The summed E-state index contributed by atoms with van der Waals surface area (Å²) in [4.78, 5) is 0. The minimum atomic E-state index is 0.296. The molecular formula is C16H22N4OS. The number of hydrogen-bond acceptors (Lipinski definition) is 3. The summed E-state index contributed by atoms with van der Waals surface area (Å²) in [7, 11) is 0. The Morgan fingerprint density at radius 3 is 2.68 bits per heavy atom. The van der Waals surface area contributed by atoms with E-state index < -0.39 is 0 Å². The molecule has 5 nitrogen and oxygen atoms in total. The van der Waals surface area contributed by atoms with Crippen molar-refractivity contribution >= 4 is 23.0 Å². The molecule has 118 valence electrons. The molecule has 0 radical (unpaired) electrons. The van der Waals surface area contributed by atoms with Crippen molar-refractivity contribution in [3.8, 4) is 5.75 Å². The van der Waals surface area contributed by atoms with Crippen LogP contribution in [0.5, 0.6) is 5.75 Å².